The largest absolute Gasteiger partial charge is 0.416 e. The molecule has 22 heavy (non-hydrogen) atoms. The molecule has 1 N–H and O–H groups in total. The number of halogens is 4. The fourth-order valence-corrected chi connectivity index (χ4v) is 2.95. The van der Waals surface area contributed by atoms with Crippen LogP contribution < -0.4 is 0 Å². The Morgan fingerprint density at radius 2 is 1.91 bits per heavy atom. The van der Waals surface area contributed by atoms with Gasteiger partial charge in [-0.05, 0) is 43.0 Å². The molecule has 1 heterocycles. The van der Waals surface area contributed by atoms with Crippen LogP contribution in [-0.4, -0.2) is 10.1 Å². The molecular weight excluding hydrogens is 298 g/mol. The number of fused-ring (bicyclic) bond motifs is 1. The van der Waals surface area contributed by atoms with Crippen LogP contribution in [0.1, 0.15) is 30.0 Å². The molecule has 1 aromatic carbocycles. The van der Waals surface area contributed by atoms with Crippen LogP contribution in [-0.2, 0) is 18.2 Å². The van der Waals surface area contributed by atoms with Gasteiger partial charge in [0.25, 0.3) is 0 Å². The lowest BCUT2D eigenvalue weighted by atomic mass is 9.90. The maximum atomic E-state index is 14.2. The predicted molar refractivity (Wildman–Crippen MR) is 72.5 cm³/mol. The molecule has 0 spiro atoms. The molecule has 0 saturated carbocycles. The summed E-state index contributed by atoms with van der Waals surface area (Å²) in [5, 5.41) is 10.4. The molecule has 6 heteroatoms. The monoisotopic (exact) mass is 311 g/mol. The summed E-state index contributed by atoms with van der Waals surface area (Å²) in [6.45, 7) is 1.62. The van der Waals surface area contributed by atoms with Crippen LogP contribution in [0.4, 0.5) is 17.6 Å². The summed E-state index contributed by atoms with van der Waals surface area (Å²) in [6, 6.07) is 2.39. The Morgan fingerprint density at radius 1 is 1.18 bits per heavy atom. The molecule has 1 aromatic heterocycles. The van der Waals surface area contributed by atoms with E-state index in [0.29, 0.717) is 30.0 Å². The number of benzene rings is 1. The highest BCUT2D eigenvalue weighted by Crippen LogP contribution is 2.43. The van der Waals surface area contributed by atoms with Crippen molar-refractivity contribution < 1.29 is 22.7 Å². The predicted octanol–water partition coefficient (Wildman–Crippen LogP) is 4.06. The van der Waals surface area contributed by atoms with E-state index in [-0.39, 0.29) is 5.56 Å². The van der Waals surface area contributed by atoms with Crippen molar-refractivity contribution in [3.05, 3.63) is 53.1 Å². The number of hydrogen-bond donors (Lipinski definition) is 1. The van der Waals surface area contributed by atoms with E-state index in [1.165, 1.54) is 6.20 Å². The third-order valence-corrected chi connectivity index (χ3v) is 4.03. The number of nitrogens with zero attached hydrogens (tertiary/aromatic N) is 1. The Bertz CT molecular complexity index is 737. The van der Waals surface area contributed by atoms with Crippen molar-refractivity contribution >= 4 is 0 Å². The van der Waals surface area contributed by atoms with Gasteiger partial charge < -0.3 is 5.11 Å². The second-order valence-corrected chi connectivity index (χ2v) is 5.69. The number of aryl methyl sites for hydroxylation is 1. The molecular formula is C16H13F4NO. The third-order valence-electron chi connectivity index (χ3n) is 4.03. The van der Waals surface area contributed by atoms with Crippen molar-refractivity contribution in [1.29, 1.82) is 0 Å². The van der Waals surface area contributed by atoms with Gasteiger partial charge in [-0.25, -0.2) is 4.39 Å². The van der Waals surface area contributed by atoms with Crippen molar-refractivity contribution in [2.24, 2.45) is 0 Å². The zero-order valence-corrected chi connectivity index (χ0v) is 11.7. The van der Waals surface area contributed by atoms with Crippen LogP contribution in [0.3, 0.4) is 0 Å². The normalized spacial score (nSPS) is 21.0. The van der Waals surface area contributed by atoms with Gasteiger partial charge in [-0.15, -0.1) is 0 Å². The lowest BCUT2D eigenvalue weighted by Crippen LogP contribution is -2.18. The second kappa shape index (κ2) is 4.78. The molecule has 2 nitrogen and oxygen atoms in total. The highest BCUT2D eigenvalue weighted by Gasteiger charge is 2.36. The SMILES string of the molecule is CC1(O)CCc2cncc(-c3ccc(C(F)(F)F)cc3F)c21. The molecule has 0 fully saturated rings. The standard InChI is InChI=1S/C16H13F4NO/c1-15(22)5-4-9-7-21-8-12(14(9)15)11-3-2-10(6-13(11)17)16(18,19)20/h2-3,6-8,22H,4-5H2,1H3. The van der Waals surface area contributed by atoms with E-state index in [4.69, 9.17) is 0 Å². The Hall–Kier alpha value is -1.95. The summed E-state index contributed by atoms with van der Waals surface area (Å²) in [4.78, 5) is 4.01. The number of rotatable bonds is 1. The molecule has 1 aliphatic carbocycles. The van der Waals surface area contributed by atoms with Crippen LogP contribution in [0.15, 0.2) is 30.6 Å². The van der Waals surface area contributed by atoms with Gasteiger partial charge in [0.05, 0.1) is 11.2 Å². The molecule has 3 rings (SSSR count). The van der Waals surface area contributed by atoms with Crippen molar-refractivity contribution in [1.82, 2.24) is 4.98 Å². The van der Waals surface area contributed by atoms with Crippen LogP contribution in [0, 0.1) is 5.82 Å². The zero-order valence-electron chi connectivity index (χ0n) is 11.7. The smallest absolute Gasteiger partial charge is 0.385 e. The number of aliphatic hydroxyl groups is 1. The van der Waals surface area contributed by atoms with E-state index < -0.39 is 23.2 Å². The molecule has 0 radical (unpaired) electrons. The molecule has 116 valence electrons. The first-order valence-corrected chi connectivity index (χ1v) is 6.77. The third kappa shape index (κ3) is 2.37. The van der Waals surface area contributed by atoms with Gasteiger partial charge in [0, 0.05) is 23.5 Å². The summed E-state index contributed by atoms with van der Waals surface area (Å²) < 4.78 is 52.1. The van der Waals surface area contributed by atoms with Crippen molar-refractivity contribution in [3.63, 3.8) is 0 Å². The topological polar surface area (TPSA) is 33.1 Å². The minimum Gasteiger partial charge on any atom is -0.385 e. The van der Waals surface area contributed by atoms with Crippen molar-refractivity contribution in [3.8, 4) is 11.1 Å². The van der Waals surface area contributed by atoms with Gasteiger partial charge in [0.1, 0.15) is 5.82 Å². The first-order valence-electron chi connectivity index (χ1n) is 6.77. The maximum absolute atomic E-state index is 14.2. The van der Waals surface area contributed by atoms with E-state index in [0.717, 1.165) is 17.7 Å². The van der Waals surface area contributed by atoms with Crippen LogP contribution >= 0.6 is 0 Å². The van der Waals surface area contributed by atoms with E-state index in [1.54, 1.807) is 13.1 Å². The summed E-state index contributed by atoms with van der Waals surface area (Å²) in [6.07, 6.45) is -0.539. The molecule has 0 saturated heterocycles. The molecule has 1 unspecified atom stereocenters. The Morgan fingerprint density at radius 3 is 2.55 bits per heavy atom. The van der Waals surface area contributed by atoms with Gasteiger partial charge in [0.2, 0.25) is 0 Å². The first-order chi connectivity index (χ1) is 10.2. The summed E-state index contributed by atoms with van der Waals surface area (Å²) in [5.41, 5.74) is -0.488. The van der Waals surface area contributed by atoms with Crippen molar-refractivity contribution in [2.45, 2.75) is 31.5 Å². The van der Waals surface area contributed by atoms with Crippen LogP contribution in [0.2, 0.25) is 0 Å². The highest BCUT2D eigenvalue weighted by atomic mass is 19.4. The van der Waals surface area contributed by atoms with E-state index in [2.05, 4.69) is 4.98 Å². The Balaban J connectivity index is 2.17. The summed E-state index contributed by atoms with van der Waals surface area (Å²) in [5.74, 6) is -0.979. The average Bonchev–Trinajstić information content (AvgIpc) is 2.74. The molecule has 0 aliphatic heterocycles. The number of alkyl halides is 3. The minimum absolute atomic E-state index is 0.0134. The second-order valence-electron chi connectivity index (χ2n) is 5.69. The fourth-order valence-electron chi connectivity index (χ4n) is 2.95. The molecule has 1 aliphatic rings. The average molecular weight is 311 g/mol. The lowest BCUT2D eigenvalue weighted by Gasteiger charge is -2.21. The van der Waals surface area contributed by atoms with Crippen LogP contribution in [0.5, 0.6) is 0 Å². The fraction of sp³-hybridized carbons (Fsp3) is 0.312. The Labute approximate surface area is 124 Å². The molecule has 2 aromatic rings. The lowest BCUT2D eigenvalue weighted by molar-refractivity contribution is -0.137. The van der Waals surface area contributed by atoms with E-state index in [1.807, 2.05) is 0 Å². The van der Waals surface area contributed by atoms with Crippen molar-refractivity contribution in [2.75, 3.05) is 0 Å². The van der Waals surface area contributed by atoms with E-state index >= 15 is 0 Å². The Kier molecular flexibility index (Phi) is 3.25. The quantitative estimate of drug-likeness (QED) is 0.806. The summed E-state index contributed by atoms with van der Waals surface area (Å²) >= 11 is 0. The number of hydrogen-bond acceptors (Lipinski definition) is 2. The number of pyridine rings is 1. The van der Waals surface area contributed by atoms with Crippen LogP contribution in [0.25, 0.3) is 11.1 Å². The van der Waals surface area contributed by atoms with Gasteiger partial charge in [-0.2, -0.15) is 13.2 Å². The molecule has 0 amide bonds. The van der Waals surface area contributed by atoms with Gasteiger partial charge >= 0.3 is 6.18 Å². The maximum Gasteiger partial charge on any atom is 0.416 e. The van der Waals surface area contributed by atoms with Gasteiger partial charge in [-0.3, -0.25) is 4.98 Å². The summed E-state index contributed by atoms with van der Waals surface area (Å²) in [7, 11) is 0. The van der Waals surface area contributed by atoms with E-state index in [9.17, 15) is 22.7 Å². The molecule has 1 atom stereocenters. The zero-order chi connectivity index (χ0) is 16.1. The molecule has 0 bridgehead atoms. The minimum atomic E-state index is -4.60. The highest BCUT2D eigenvalue weighted by molar-refractivity contribution is 5.70. The van der Waals surface area contributed by atoms with Gasteiger partial charge in [-0.1, -0.05) is 6.07 Å². The number of aromatic nitrogens is 1. The van der Waals surface area contributed by atoms with Gasteiger partial charge in [0.15, 0.2) is 0 Å². The first kappa shape index (κ1) is 15.0.